The average molecular weight is 497 g/mol. The number of nitrogens with one attached hydrogen (secondary N) is 4. The van der Waals surface area contributed by atoms with Crippen molar-refractivity contribution in [2.75, 3.05) is 17.2 Å². The number of benzene rings is 3. The molecule has 1 saturated heterocycles. The van der Waals surface area contributed by atoms with Crippen molar-refractivity contribution in [1.82, 2.24) is 10.6 Å². The number of hydrogen-bond acceptors (Lipinski definition) is 6. The number of fused-ring (bicyclic) bond motifs is 1. The monoisotopic (exact) mass is 496 g/mol. The fraction of sp³-hybridized carbons (Fsp3) is 0.143. The molecule has 0 saturated carbocycles. The van der Waals surface area contributed by atoms with Gasteiger partial charge < -0.3 is 20.7 Å². The van der Waals surface area contributed by atoms with Gasteiger partial charge in [0.25, 0.3) is 11.8 Å². The van der Waals surface area contributed by atoms with Crippen LogP contribution < -0.4 is 21.3 Å². The van der Waals surface area contributed by atoms with Crippen LogP contribution in [0.2, 0.25) is 0 Å². The van der Waals surface area contributed by atoms with Crippen LogP contribution >= 0.6 is 0 Å². The number of anilines is 2. The van der Waals surface area contributed by atoms with E-state index >= 15 is 0 Å². The third-order valence-corrected chi connectivity index (χ3v) is 6.11. The molecule has 186 valence electrons. The van der Waals surface area contributed by atoms with Crippen LogP contribution in [-0.2, 0) is 20.7 Å². The van der Waals surface area contributed by atoms with Crippen LogP contribution in [0.5, 0.6) is 0 Å². The molecule has 0 spiro atoms. The molecule has 37 heavy (non-hydrogen) atoms. The van der Waals surface area contributed by atoms with Crippen molar-refractivity contribution in [2.24, 2.45) is 0 Å². The smallest absolute Gasteiger partial charge is 0.338 e. The highest BCUT2D eigenvalue weighted by molar-refractivity contribution is 6.37. The third-order valence-electron chi connectivity index (χ3n) is 6.11. The molecule has 2 heterocycles. The van der Waals surface area contributed by atoms with Crippen molar-refractivity contribution < 1.29 is 23.9 Å². The Morgan fingerprint density at radius 3 is 2.35 bits per heavy atom. The molecule has 5 rings (SSSR count). The Bertz CT molecular complexity index is 1430. The minimum Gasteiger partial charge on any atom is -0.462 e. The maximum absolute atomic E-state index is 13.2. The molecule has 2 aliphatic rings. The molecule has 3 aromatic carbocycles. The number of carbonyl (C=O) groups excluding carboxylic acids is 4. The fourth-order valence-electron chi connectivity index (χ4n) is 4.35. The van der Waals surface area contributed by atoms with Gasteiger partial charge in [0.05, 0.1) is 29.1 Å². The van der Waals surface area contributed by atoms with E-state index in [1.807, 2.05) is 54.6 Å². The van der Waals surface area contributed by atoms with Crippen molar-refractivity contribution in [3.8, 4) is 0 Å². The van der Waals surface area contributed by atoms with Crippen molar-refractivity contribution in [2.45, 2.75) is 19.4 Å². The van der Waals surface area contributed by atoms with Crippen LogP contribution in [0.3, 0.4) is 0 Å². The SMILES string of the molecule is CCOC(=O)c1ccc2c(c1)NC(=O)C2=C(Nc1ccc(CC2NC(=O)NC2=O)cc1)c1ccccc1. The Kier molecular flexibility index (Phi) is 6.42. The third kappa shape index (κ3) is 4.92. The first-order valence-electron chi connectivity index (χ1n) is 11.8. The van der Waals surface area contributed by atoms with Gasteiger partial charge in [-0.3, -0.25) is 14.9 Å². The van der Waals surface area contributed by atoms with Crippen LogP contribution in [0.25, 0.3) is 11.3 Å². The number of esters is 1. The summed E-state index contributed by atoms with van der Waals surface area (Å²) in [6, 6.07) is 20.8. The summed E-state index contributed by atoms with van der Waals surface area (Å²) < 4.78 is 5.08. The predicted molar refractivity (Wildman–Crippen MR) is 139 cm³/mol. The average Bonchev–Trinajstić information content (AvgIpc) is 3.40. The summed E-state index contributed by atoms with van der Waals surface area (Å²) in [5.41, 5.74) is 5.04. The first-order chi connectivity index (χ1) is 17.9. The van der Waals surface area contributed by atoms with Crippen molar-refractivity contribution in [1.29, 1.82) is 0 Å². The predicted octanol–water partition coefficient (Wildman–Crippen LogP) is 3.55. The highest BCUT2D eigenvalue weighted by Crippen LogP contribution is 2.38. The molecular formula is C28H24N4O5. The molecule has 3 aromatic rings. The van der Waals surface area contributed by atoms with E-state index in [4.69, 9.17) is 4.74 Å². The first-order valence-corrected chi connectivity index (χ1v) is 11.8. The summed E-state index contributed by atoms with van der Waals surface area (Å²) in [5, 5.41) is 11.1. The van der Waals surface area contributed by atoms with Gasteiger partial charge in [-0.15, -0.1) is 0 Å². The number of carbonyl (C=O) groups is 4. The normalized spacial score (nSPS) is 17.4. The zero-order chi connectivity index (χ0) is 25.9. The molecule has 4 amide bonds. The molecule has 1 unspecified atom stereocenters. The van der Waals surface area contributed by atoms with E-state index in [0.29, 0.717) is 34.5 Å². The highest BCUT2D eigenvalue weighted by atomic mass is 16.5. The lowest BCUT2D eigenvalue weighted by atomic mass is 9.99. The van der Waals surface area contributed by atoms with Crippen LogP contribution in [0, 0.1) is 0 Å². The number of amides is 4. The lowest BCUT2D eigenvalue weighted by Crippen LogP contribution is -2.31. The molecule has 2 aliphatic heterocycles. The van der Waals surface area contributed by atoms with Gasteiger partial charge in [-0.1, -0.05) is 48.5 Å². The van der Waals surface area contributed by atoms with Crippen molar-refractivity contribution >= 4 is 46.5 Å². The number of ether oxygens (including phenoxy) is 1. The van der Waals surface area contributed by atoms with E-state index in [9.17, 15) is 19.2 Å². The number of urea groups is 1. The maximum atomic E-state index is 13.2. The first kappa shape index (κ1) is 23.8. The number of imide groups is 1. The highest BCUT2D eigenvalue weighted by Gasteiger charge is 2.30. The fourth-order valence-corrected chi connectivity index (χ4v) is 4.35. The van der Waals surface area contributed by atoms with Crippen molar-refractivity contribution in [3.05, 3.63) is 95.1 Å². The van der Waals surface area contributed by atoms with Gasteiger partial charge in [-0.25, -0.2) is 9.59 Å². The van der Waals surface area contributed by atoms with E-state index in [2.05, 4.69) is 21.3 Å². The zero-order valence-electron chi connectivity index (χ0n) is 20.0. The molecule has 0 aromatic heterocycles. The molecule has 1 fully saturated rings. The van der Waals surface area contributed by atoms with Gasteiger partial charge in [-0.2, -0.15) is 0 Å². The van der Waals surface area contributed by atoms with Crippen LogP contribution in [0.15, 0.2) is 72.8 Å². The summed E-state index contributed by atoms with van der Waals surface area (Å²) in [7, 11) is 0. The molecule has 0 aliphatic carbocycles. The molecule has 0 radical (unpaired) electrons. The summed E-state index contributed by atoms with van der Waals surface area (Å²) in [6.07, 6.45) is 0.364. The van der Waals surface area contributed by atoms with Crippen LogP contribution in [0.4, 0.5) is 16.2 Å². The Morgan fingerprint density at radius 1 is 0.919 bits per heavy atom. The molecule has 4 N–H and O–H groups in total. The largest absolute Gasteiger partial charge is 0.462 e. The van der Waals surface area contributed by atoms with Crippen molar-refractivity contribution in [3.63, 3.8) is 0 Å². The summed E-state index contributed by atoms with van der Waals surface area (Å²) in [4.78, 5) is 48.5. The molecule has 1 atom stereocenters. The minimum atomic E-state index is -0.605. The molecule has 9 nitrogen and oxygen atoms in total. The maximum Gasteiger partial charge on any atom is 0.338 e. The van der Waals surface area contributed by atoms with E-state index in [1.165, 1.54) is 0 Å². The van der Waals surface area contributed by atoms with Gasteiger partial charge in [0.2, 0.25) is 0 Å². The van der Waals surface area contributed by atoms with Crippen LogP contribution in [-0.4, -0.2) is 36.5 Å². The Hall–Kier alpha value is -4.92. The Morgan fingerprint density at radius 2 is 1.68 bits per heavy atom. The van der Waals surface area contributed by atoms with Gasteiger partial charge in [-0.05, 0) is 42.3 Å². The number of rotatable bonds is 7. The van der Waals surface area contributed by atoms with Gasteiger partial charge in [0.15, 0.2) is 0 Å². The van der Waals surface area contributed by atoms with Gasteiger partial charge in [0.1, 0.15) is 6.04 Å². The quantitative estimate of drug-likeness (QED) is 0.225. The number of hydrogen-bond donors (Lipinski definition) is 4. The lowest BCUT2D eigenvalue weighted by Gasteiger charge is -2.15. The Balaban J connectivity index is 1.47. The van der Waals surface area contributed by atoms with E-state index in [-0.39, 0.29) is 18.4 Å². The van der Waals surface area contributed by atoms with E-state index < -0.39 is 18.0 Å². The lowest BCUT2D eigenvalue weighted by molar-refractivity contribution is -0.120. The zero-order valence-corrected chi connectivity index (χ0v) is 20.0. The van der Waals surface area contributed by atoms with E-state index in [0.717, 1.165) is 16.8 Å². The van der Waals surface area contributed by atoms with Gasteiger partial charge in [0, 0.05) is 17.7 Å². The summed E-state index contributed by atoms with van der Waals surface area (Å²) in [5.74, 6) is -1.09. The second kappa shape index (κ2) is 9.98. The topological polar surface area (TPSA) is 126 Å². The molecule has 9 heteroatoms. The molecule has 0 bridgehead atoms. The Labute approximate surface area is 212 Å². The molecular weight excluding hydrogens is 472 g/mol. The van der Waals surface area contributed by atoms with Crippen LogP contribution in [0.1, 0.15) is 34.0 Å². The second-order valence-corrected chi connectivity index (χ2v) is 8.59. The minimum absolute atomic E-state index is 0.261. The van der Waals surface area contributed by atoms with Gasteiger partial charge >= 0.3 is 12.0 Å². The summed E-state index contributed by atoms with van der Waals surface area (Å²) in [6.45, 7) is 2.00. The van der Waals surface area contributed by atoms with E-state index in [1.54, 1.807) is 25.1 Å². The second-order valence-electron chi connectivity index (χ2n) is 8.59. The standard InChI is InChI=1S/C28H24N4O5/c1-2-37-27(35)18-10-13-20-21(15-18)30-26(34)23(20)24(17-6-4-3-5-7-17)29-19-11-8-16(9-12-19)14-22-25(33)32-28(36)31-22/h3-13,15,22,29H,2,14H2,1H3,(H,30,34)(H2,31,32,33,36). The summed E-state index contributed by atoms with van der Waals surface area (Å²) >= 11 is 0.